The molecule has 0 aliphatic rings. The van der Waals surface area contributed by atoms with Gasteiger partial charge in [0.25, 0.3) is 10.1 Å². The van der Waals surface area contributed by atoms with E-state index in [1.165, 1.54) is 12.1 Å². The Balaban J connectivity index is 0.000000278. The zero-order valence-corrected chi connectivity index (χ0v) is 19.4. The molecule has 0 fully saturated rings. The molecule has 0 atom stereocenters. The molecule has 0 radical (unpaired) electrons. The van der Waals surface area contributed by atoms with Crippen molar-refractivity contribution in [2.24, 2.45) is 11.1 Å². The summed E-state index contributed by atoms with van der Waals surface area (Å²) in [5.41, 5.74) is 8.32. The van der Waals surface area contributed by atoms with E-state index in [9.17, 15) is 12.8 Å². The first kappa shape index (κ1) is 25.5. The summed E-state index contributed by atoms with van der Waals surface area (Å²) in [6.45, 7) is 8.50. The fourth-order valence-corrected chi connectivity index (χ4v) is 3.07. The lowest BCUT2D eigenvalue weighted by atomic mass is 9.92. The Kier molecular flexibility index (Phi) is 8.54. The second-order valence-corrected chi connectivity index (χ2v) is 9.94. The van der Waals surface area contributed by atoms with Gasteiger partial charge in [-0.3, -0.25) is 4.55 Å². The van der Waals surface area contributed by atoms with Gasteiger partial charge in [0.05, 0.1) is 11.2 Å². The molecule has 0 unspecified atom stereocenters. The van der Waals surface area contributed by atoms with Crippen molar-refractivity contribution in [3.8, 4) is 5.75 Å². The van der Waals surface area contributed by atoms with Crippen LogP contribution in [0.3, 0.4) is 0 Å². The second-order valence-electron chi connectivity index (χ2n) is 8.52. The lowest BCUT2D eigenvalue weighted by Gasteiger charge is -2.14. The smallest absolute Gasteiger partial charge is 0.294 e. The summed E-state index contributed by atoms with van der Waals surface area (Å²) in [5.74, 6) is 1.31. The first-order valence-corrected chi connectivity index (χ1v) is 11.4. The van der Waals surface area contributed by atoms with Crippen LogP contribution in [0.25, 0.3) is 11.1 Å². The quantitative estimate of drug-likeness (QED) is 0.501. The topological polar surface area (TPSA) is 116 Å². The van der Waals surface area contributed by atoms with E-state index in [-0.39, 0.29) is 23.5 Å². The third kappa shape index (κ3) is 8.07. The number of hydrogen-bond donors (Lipinski definition) is 2. The van der Waals surface area contributed by atoms with Gasteiger partial charge in [0.15, 0.2) is 11.5 Å². The Morgan fingerprint density at radius 3 is 2.41 bits per heavy atom. The van der Waals surface area contributed by atoms with Crippen LogP contribution in [0.15, 0.2) is 63.7 Å². The van der Waals surface area contributed by atoms with Gasteiger partial charge in [-0.05, 0) is 36.6 Å². The summed E-state index contributed by atoms with van der Waals surface area (Å²) in [7, 11) is -4.02. The standard InChI is InChI=1S/C16H21FN2O2.C7H8O3S/c1-16(2,3)7-15-19-13-5-4-12(6-14(13)21-15)20-10-11(8-17)9-18;1-6-2-4-7(5-3-6)11(8,9)10/h4-6,8H,7,9-10,18H2,1-3H3;2-5H,1H3,(H,8,9,10)/b11-8+;. The van der Waals surface area contributed by atoms with Crippen LogP contribution in [0.1, 0.15) is 32.2 Å². The third-order valence-electron chi connectivity index (χ3n) is 4.25. The van der Waals surface area contributed by atoms with E-state index >= 15 is 0 Å². The molecule has 1 heterocycles. The number of fused-ring (bicyclic) bond motifs is 1. The van der Waals surface area contributed by atoms with Gasteiger partial charge in [-0.25, -0.2) is 9.37 Å². The number of oxazole rings is 1. The molecule has 174 valence electrons. The summed E-state index contributed by atoms with van der Waals surface area (Å²) < 4.78 is 53.2. The zero-order chi connectivity index (χ0) is 23.9. The Morgan fingerprint density at radius 2 is 1.88 bits per heavy atom. The maximum Gasteiger partial charge on any atom is 0.294 e. The van der Waals surface area contributed by atoms with Gasteiger partial charge in [-0.2, -0.15) is 8.42 Å². The molecule has 3 aromatic rings. The lowest BCUT2D eigenvalue weighted by molar-refractivity contribution is 0.346. The molecule has 0 saturated carbocycles. The molecular formula is C23H29FN2O5S. The van der Waals surface area contributed by atoms with Crippen LogP contribution >= 0.6 is 0 Å². The van der Waals surface area contributed by atoms with Crippen LogP contribution in [0.5, 0.6) is 5.75 Å². The zero-order valence-electron chi connectivity index (χ0n) is 18.6. The van der Waals surface area contributed by atoms with Crippen molar-refractivity contribution in [2.75, 3.05) is 13.2 Å². The normalized spacial score (nSPS) is 12.4. The van der Waals surface area contributed by atoms with Crippen molar-refractivity contribution in [3.63, 3.8) is 0 Å². The van der Waals surface area contributed by atoms with Gasteiger partial charge in [0.2, 0.25) is 0 Å². The number of rotatable bonds is 6. The summed E-state index contributed by atoms with van der Waals surface area (Å²) in [4.78, 5) is 4.39. The predicted octanol–water partition coefficient (Wildman–Crippen LogP) is 4.85. The number of hydrogen-bond acceptors (Lipinski definition) is 6. The molecule has 3 rings (SSSR count). The van der Waals surface area contributed by atoms with E-state index in [0.717, 1.165) is 17.5 Å². The molecule has 9 heteroatoms. The predicted molar refractivity (Wildman–Crippen MR) is 122 cm³/mol. The molecule has 1 aromatic heterocycles. The van der Waals surface area contributed by atoms with Gasteiger partial charge in [0, 0.05) is 24.6 Å². The number of nitrogens with two attached hydrogens (primary N) is 1. The second kappa shape index (κ2) is 10.7. The molecule has 0 saturated heterocycles. The highest BCUT2D eigenvalue weighted by Gasteiger charge is 2.16. The fourth-order valence-electron chi connectivity index (χ4n) is 2.59. The average molecular weight is 465 g/mol. The van der Waals surface area contributed by atoms with E-state index in [1.54, 1.807) is 24.3 Å². The van der Waals surface area contributed by atoms with Crippen molar-refractivity contribution < 1.29 is 26.5 Å². The monoisotopic (exact) mass is 464 g/mol. The van der Waals surface area contributed by atoms with Crippen molar-refractivity contribution >= 4 is 21.2 Å². The molecule has 32 heavy (non-hydrogen) atoms. The number of ether oxygens (including phenoxy) is 1. The van der Waals surface area contributed by atoms with Crippen molar-refractivity contribution in [2.45, 2.75) is 39.0 Å². The van der Waals surface area contributed by atoms with Gasteiger partial charge in [-0.15, -0.1) is 0 Å². The molecule has 2 aromatic carbocycles. The van der Waals surface area contributed by atoms with Gasteiger partial charge in [-0.1, -0.05) is 38.5 Å². The average Bonchev–Trinajstić information content (AvgIpc) is 3.08. The highest BCUT2D eigenvalue weighted by atomic mass is 32.2. The SMILES string of the molecule is CC(C)(C)Cc1nc2ccc(OC/C(=C/F)CN)cc2o1.Cc1ccc(S(=O)(=O)O)cc1. The van der Waals surface area contributed by atoms with Crippen LogP contribution in [-0.4, -0.2) is 31.1 Å². The highest BCUT2D eigenvalue weighted by molar-refractivity contribution is 7.85. The van der Waals surface area contributed by atoms with Crippen LogP contribution < -0.4 is 10.5 Å². The molecular weight excluding hydrogens is 435 g/mol. The van der Waals surface area contributed by atoms with Crippen LogP contribution in [0.4, 0.5) is 4.39 Å². The number of halogens is 1. The van der Waals surface area contributed by atoms with E-state index < -0.39 is 10.1 Å². The van der Waals surface area contributed by atoms with Crippen LogP contribution in [0, 0.1) is 12.3 Å². The Bertz CT molecular complexity index is 1160. The highest BCUT2D eigenvalue weighted by Crippen LogP contribution is 2.26. The summed E-state index contributed by atoms with van der Waals surface area (Å²) in [6.07, 6.45) is 1.24. The molecule has 0 bridgehead atoms. The molecule has 0 aliphatic heterocycles. The lowest BCUT2D eigenvalue weighted by Crippen LogP contribution is -2.10. The Morgan fingerprint density at radius 1 is 1.22 bits per heavy atom. The number of nitrogens with zero attached hydrogens (tertiary/aromatic N) is 1. The molecule has 7 nitrogen and oxygen atoms in total. The first-order chi connectivity index (χ1) is 14.9. The van der Waals surface area contributed by atoms with E-state index in [0.29, 0.717) is 29.1 Å². The Hall–Kier alpha value is -2.75. The third-order valence-corrected chi connectivity index (χ3v) is 5.11. The molecule has 0 aliphatic carbocycles. The molecule has 0 amide bonds. The summed E-state index contributed by atoms with van der Waals surface area (Å²) >= 11 is 0. The van der Waals surface area contributed by atoms with E-state index in [2.05, 4.69) is 25.8 Å². The first-order valence-electron chi connectivity index (χ1n) is 9.96. The van der Waals surface area contributed by atoms with Crippen LogP contribution in [-0.2, 0) is 16.5 Å². The Labute approximate surface area is 187 Å². The van der Waals surface area contributed by atoms with Crippen molar-refractivity contribution in [1.29, 1.82) is 0 Å². The maximum absolute atomic E-state index is 12.4. The molecule has 3 N–H and O–H groups in total. The number of benzene rings is 2. The van der Waals surface area contributed by atoms with Crippen molar-refractivity contribution in [3.05, 3.63) is 65.8 Å². The maximum atomic E-state index is 12.4. The fraction of sp³-hybridized carbons (Fsp3) is 0.348. The summed E-state index contributed by atoms with van der Waals surface area (Å²) in [6, 6.07) is 11.4. The minimum absolute atomic E-state index is 0.0666. The largest absolute Gasteiger partial charge is 0.489 e. The molecule has 0 spiro atoms. The number of aryl methyl sites for hydroxylation is 1. The van der Waals surface area contributed by atoms with Gasteiger partial charge >= 0.3 is 0 Å². The van der Waals surface area contributed by atoms with E-state index in [1.807, 2.05) is 13.0 Å². The van der Waals surface area contributed by atoms with Gasteiger partial charge < -0.3 is 14.9 Å². The van der Waals surface area contributed by atoms with Crippen molar-refractivity contribution in [1.82, 2.24) is 4.98 Å². The number of aromatic nitrogens is 1. The summed E-state index contributed by atoms with van der Waals surface area (Å²) in [5, 5.41) is 0. The van der Waals surface area contributed by atoms with Gasteiger partial charge in [0.1, 0.15) is 17.9 Å². The minimum atomic E-state index is -4.02. The minimum Gasteiger partial charge on any atom is -0.489 e. The van der Waals surface area contributed by atoms with Crippen LogP contribution in [0.2, 0.25) is 0 Å². The van der Waals surface area contributed by atoms with E-state index in [4.69, 9.17) is 19.4 Å².